The quantitative estimate of drug-likeness (QED) is 0.0299. The molecule has 8 N–H and O–H groups in total. The molecule has 0 bridgehead atoms. The molecule has 4 aliphatic heterocycles. The zero-order valence-corrected chi connectivity index (χ0v) is 47.7. The highest BCUT2D eigenvalue weighted by atomic mass is 32.1. The Morgan fingerprint density at radius 3 is 2.30 bits per heavy atom. The molecular formula is C60H63F2N8O12PS. The third-order valence-corrected chi connectivity index (χ3v) is 17.8. The Morgan fingerprint density at radius 1 is 0.869 bits per heavy atom. The molecular weight excluding hydrogens is 1130 g/mol. The molecule has 5 heterocycles. The van der Waals surface area contributed by atoms with Gasteiger partial charge in [-0.3, -0.25) is 57.9 Å². The topological polar surface area (TPSA) is 295 Å². The molecule has 9 amide bonds. The van der Waals surface area contributed by atoms with E-state index in [1.165, 1.54) is 21.9 Å². The number of rotatable bonds is 19. The average Bonchev–Trinajstić information content (AvgIpc) is 2.72. The van der Waals surface area contributed by atoms with Crippen LogP contribution in [0.5, 0.6) is 0 Å². The fourth-order valence-electron chi connectivity index (χ4n) is 11.2. The van der Waals surface area contributed by atoms with Crippen molar-refractivity contribution in [1.29, 1.82) is 0 Å². The van der Waals surface area contributed by atoms with Gasteiger partial charge in [0.1, 0.15) is 30.2 Å². The first-order valence-electron chi connectivity index (χ1n) is 27.7. The smallest absolute Gasteiger partial charge is 0.370 e. The summed E-state index contributed by atoms with van der Waals surface area (Å²) in [5.41, 5.74) is 3.48. The number of nitrogens with two attached hydrogens (primary N) is 1. The Bertz CT molecular complexity index is 3560. The second kappa shape index (κ2) is 25.4. The number of likely N-dealkylation sites (tertiary alicyclic amines) is 1. The number of hydrogen-bond acceptors (Lipinski definition) is 11. The molecule has 1 aromatic heterocycles. The van der Waals surface area contributed by atoms with Crippen molar-refractivity contribution in [1.82, 2.24) is 31.1 Å². The first-order chi connectivity index (χ1) is 40.0. The van der Waals surface area contributed by atoms with Crippen molar-refractivity contribution in [2.45, 2.75) is 120 Å². The van der Waals surface area contributed by atoms with E-state index in [2.05, 4.69) is 33.1 Å². The molecule has 4 aromatic carbocycles. The summed E-state index contributed by atoms with van der Waals surface area (Å²) in [5, 5.41) is 10.8. The lowest BCUT2D eigenvalue weighted by atomic mass is 9.91. The zero-order chi connectivity index (χ0) is 60.2. The number of piperidine rings is 2. The van der Waals surface area contributed by atoms with Gasteiger partial charge in [-0.05, 0) is 109 Å². The molecule has 2 fully saturated rings. The van der Waals surface area contributed by atoms with E-state index < -0.39 is 90.4 Å². The van der Waals surface area contributed by atoms with Gasteiger partial charge in [0.25, 0.3) is 11.8 Å². The van der Waals surface area contributed by atoms with E-state index in [1.807, 2.05) is 19.9 Å². The minimum atomic E-state index is -5.89. The number of anilines is 1. The van der Waals surface area contributed by atoms with Crippen molar-refractivity contribution in [2.75, 3.05) is 18.0 Å². The van der Waals surface area contributed by atoms with E-state index in [0.717, 1.165) is 35.5 Å². The van der Waals surface area contributed by atoms with Crippen molar-refractivity contribution >= 4 is 87.9 Å². The lowest BCUT2D eigenvalue weighted by Gasteiger charge is -2.35. The molecule has 4 aliphatic rings. The molecule has 20 nitrogen and oxygen atoms in total. The summed E-state index contributed by atoms with van der Waals surface area (Å²) in [6.45, 7) is 4.60. The largest absolute Gasteiger partial charge is 0.399 e. The lowest BCUT2D eigenvalue weighted by molar-refractivity contribution is -0.139. The predicted octanol–water partition coefficient (Wildman–Crippen LogP) is 5.67. The number of alkyl halides is 2. The molecule has 0 saturated carbocycles. The summed E-state index contributed by atoms with van der Waals surface area (Å²) in [6.07, 6.45) is 2.46. The standard InChI is InChI=1S/C60H63F2N8O12PS/c1-34(2)29-44(65-56(76)49-32-39-30-40(19-22-48(39)84-49)60(61,62)83(80,81)82)58(78)70-45-18-9-8-15-38(45)31-47(70)55(75)64-43(20-23-50(63)71)53(73)67-52(37-13-4-3-5-14-37)59(79)68-27-25-35(26-28-68)11-6-7-12-36-16-10-17-41-42(36)33-69(57(41)77)46-21-24-51(72)66-54(46)74/h3-5,8-10,13-19,22,30,32,34-35,43-44,46-47,52H,6,11,20-21,23-29,31,33H2,1-2H3,(H2,63,71)(H,64,75)(H,65,76)(H,67,73)(H,66,72,74)(H2,80,81,82)/t43-,44-,46?,47-,52-/m0/s1. The summed E-state index contributed by atoms with van der Waals surface area (Å²) in [5.74, 6) is 1.22. The SMILES string of the molecule is CC(C)C[C@H](NC(=O)c1cc2cc(C(F)(F)P(=O)(O)O)ccc2s1)C(=O)N1c2ccccc2C[C@H]1C(=O)N[C@@H](CCC(N)=O)C(=O)N[C@H](C(=O)N1CCC(CCC#Cc2cccc3c2CN(C2CCC(=O)NC2=O)C3=O)CC1)c1ccccc1. The zero-order valence-electron chi connectivity index (χ0n) is 46.0. The maximum atomic E-state index is 14.9. The van der Waals surface area contributed by atoms with Crippen LogP contribution in [0.4, 0.5) is 14.5 Å². The number of thiophene rings is 1. The van der Waals surface area contributed by atoms with Gasteiger partial charge in [-0.1, -0.05) is 86.4 Å². The third kappa shape index (κ3) is 13.3. The van der Waals surface area contributed by atoms with Crippen molar-refractivity contribution < 1.29 is 66.3 Å². The third-order valence-electron chi connectivity index (χ3n) is 15.7. The number of amides is 9. The molecule has 5 aromatic rings. The Kier molecular flexibility index (Phi) is 18.2. The van der Waals surface area contributed by atoms with Gasteiger partial charge in [-0.15, -0.1) is 11.3 Å². The number of halogens is 2. The second-order valence-corrected chi connectivity index (χ2v) is 24.7. The predicted molar refractivity (Wildman–Crippen MR) is 305 cm³/mol. The number of hydrogen-bond donors (Lipinski definition) is 7. The molecule has 1 unspecified atom stereocenters. The van der Waals surface area contributed by atoms with Crippen LogP contribution >= 0.6 is 18.9 Å². The Balaban J connectivity index is 0.859. The number of imide groups is 1. The van der Waals surface area contributed by atoms with Gasteiger partial charge in [0.15, 0.2) is 0 Å². The number of nitrogens with one attached hydrogen (secondary N) is 4. The van der Waals surface area contributed by atoms with Crippen molar-refractivity contribution in [2.24, 2.45) is 17.6 Å². The summed E-state index contributed by atoms with van der Waals surface area (Å²) >= 11 is 0.909. The Labute approximate surface area is 486 Å². The highest BCUT2D eigenvalue weighted by Crippen LogP contribution is 2.59. The molecule has 440 valence electrons. The minimum absolute atomic E-state index is 0.00417. The number of fused-ring (bicyclic) bond motifs is 3. The van der Waals surface area contributed by atoms with Crippen LogP contribution in [0, 0.1) is 23.7 Å². The van der Waals surface area contributed by atoms with Crippen molar-refractivity contribution in [3.63, 3.8) is 0 Å². The monoisotopic (exact) mass is 1190 g/mol. The highest BCUT2D eigenvalue weighted by molar-refractivity contribution is 7.52. The fourth-order valence-corrected chi connectivity index (χ4v) is 12.7. The first-order valence-corrected chi connectivity index (χ1v) is 30.1. The van der Waals surface area contributed by atoms with Crippen molar-refractivity contribution in [3.05, 3.63) is 135 Å². The van der Waals surface area contributed by atoms with Gasteiger partial charge in [-0.2, -0.15) is 8.78 Å². The number of carbonyl (C=O) groups excluding carboxylic acids is 9. The molecule has 0 radical (unpaired) electrons. The lowest BCUT2D eigenvalue weighted by Crippen LogP contribution is -2.58. The number of nitrogens with zero attached hydrogens (tertiary/aromatic N) is 3. The molecule has 9 rings (SSSR count). The van der Waals surface area contributed by atoms with Crippen LogP contribution in [0.15, 0.2) is 97.1 Å². The minimum Gasteiger partial charge on any atom is -0.370 e. The number of benzene rings is 4. The van der Waals surface area contributed by atoms with Crippen LogP contribution < -0.4 is 31.9 Å². The average molecular weight is 1190 g/mol. The molecule has 0 spiro atoms. The first kappa shape index (κ1) is 60.4. The second-order valence-electron chi connectivity index (χ2n) is 21.9. The van der Waals surface area contributed by atoms with E-state index in [0.29, 0.717) is 65.0 Å². The van der Waals surface area contributed by atoms with Crippen LogP contribution in [0.1, 0.15) is 126 Å². The van der Waals surface area contributed by atoms with Gasteiger partial charge >= 0.3 is 13.3 Å². The van der Waals surface area contributed by atoms with Gasteiger partial charge in [0, 0.05) is 72.4 Å². The summed E-state index contributed by atoms with van der Waals surface area (Å²) in [7, 11) is -5.89. The van der Waals surface area contributed by atoms with Gasteiger partial charge in [-0.25, -0.2) is 0 Å². The normalized spacial score (nSPS) is 18.3. The van der Waals surface area contributed by atoms with Crippen LogP contribution in [0.25, 0.3) is 10.1 Å². The maximum absolute atomic E-state index is 14.9. The Morgan fingerprint density at radius 2 is 1.60 bits per heavy atom. The van der Waals surface area contributed by atoms with E-state index >= 15 is 0 Å². The summed E-state index contributed by atoms with van der Waals surface area (Å²) in [4.78, 5) is 146. The number of primary amides is 1. The molecule has 2 saturated heterocycles. The summed E-state index contributed by atoms with van der Waals surface area (Å²) < 4.78 is 41.2. The van der Waals surface area contributed by atoms with Gasteiger partial charge < -0.3 is 41.3 Å². The van der Waals surface area contributed by atoms with E-state index in [-0.39, 0.29) is 79.0 Å². The maximum Gasteiger partial charge on any atom is 0.399 e. The molecule has 0 aliphatic carbocycles. The summed E-state index contributed by atoms with van der Waals surface area (Å²) in [6, 6.07) is 19.0. The van der Waals surface area contributed by atoms with Crippen LogP contribution in [0.3, 0.4) is 0 Å². The number of carbonyl (C=O) groups is 9. The number of para-hydroxylation sites is 1. The van der Waals surface area contributed by atoms with Crippen LogP contribution in [-0.4, -0.2) is 110 Å². The molecule has 84 heavy (non-hydrogen) atoms. The molecule has 24 heteroatoms. The Hall–Kier alpha value is -8.16. The van der Waals surface area contributed by atoms with E-state index in [1.54, 1.807) is 71.6 Å². The van der Waals surface area contributed by atoms with Gasteiger partial charge in [0.2, 0.25) is 41.4 Å². The molecule has 5 atom stereocenters. The van der Waals surface area contributed by atoms with E-state index in [4.69, 9.17) is 5.73 Å². The fraction of sp³-hybridized carbons (Fsp3) is 0.383. The highest BCUT2D eigenvalue weighted by Gasteiger charge is 2.51. The van der Waals surface area contributed by atoms with Crippen molar-refractivity contribution in [3.8, 4) is 11.8 Å². The van der Waals surface area contributed by atoms with Crippen LogP contribution in [0.2, 0.25) is 0 Å². The van der Waals surface area contributed by atoms with Gasteiger partial charge in [0.05, 0.1) is 4.88 Å². The van der Waals surface area contributed by atoms with E-state index in [9.17, 15) is 66.3 Å². The van der Waals surface area contributed by atoms with Crippen LogP contribution in [-0.2, 0) is 56.8 Å².